The number of hydrogen-bond donors (Lipinski definition) is 2. The summed E-state index contributed by atoms with van der Waals surface area (Å²) in [4.78, 5) is 16.9. The van der Waals surface area contributed by atoms with Gasteiger partial charge in [-0.05, 0) is 48.9 Å². The second kappa shape index (κ2) is 7.65. The molecule has 29 heavy (non-hydrogen) atoms. The van der Waals surface area contributed by atoms with E-state index >= 15 is 0 Å². The molecule has 6 nitrogen and oxygen atoms in total. The van der Waals surface area contributed by atoms with Gasteiger partial charge in [-0.3, -0.25) is 14.8 Å². The molecule has 1 heterocycles. The van der Waals surface area contributed by atoms with Crippen molar-refractivity contribution in [1.82, 2.24) is 4.98 Å². The molecule has 0 aliphatic carbocycles. The van der Waals surface area contributed by atoms with Gasteiger partial charge in [0.15, 0.2) is 5.13 Å². The first-order valence-electron chi connectivity index (χ1n) is 8.78. The van der Waals surface area contributed by atoms with Crippen molar-refractivity contribution in [3.63, 3.8) is 0 Å². The van der Waals surface area contributed by atoms with E-state index in [1.165, 1.54) is 11.3 Å². The zero-order chi connectivity index (χ0) is 20.4. The number of sulfonamides is 1. The lowest BCUT2D eigenvalue weighted by Gasteiger charge is -2.10. The average molecular weight is 424 g/mol. The van der Waals surface area contributed by atoms with Gasteiger partial charge in [-0.25, -0.2) is 13.4 Å². The Balaban J connectivity index is 1.57. The maximum atomic E-state index is 12.7. The Morgan fingerprint density at radius 3 is 2.45 bits per heavy atom. The van der Waals surface area contributed by atoms with Crippen molar-refractivity contribution in [3.05, 3.63) is 83.9 Å². The summed E-state index contributed by atoms with van der Waals surface area (Å²) >= 11 is 1.28. The van der Waals surface area contributed by atoms with Crippen LogP contribution < -0.4 is 10.0 Å². The summed E-state index contributed by atoms with van der Waals surface area (Å²) in [6.07, 6.45) is 0. The summed E-state index contributed by atoms with van der Waals surface area (Å²) in [6, 6.07) is 20.8. The van der Waals surface area contributed by atoms with Gasteiger partial charge in [0.05, 0.1) is 20.8 Å². The van der Waals surface area contributed by atoms with Gasteiger partial charge in [-0.2, -0.15) is 0 Å². The molecule has 0 spiro atoms. The largest absolute Gasteiger partial charge is 0.298 e. The molecule has 0 unspecified atom stereocenters. The molecular formula is C21H17N3O3S2. The second-order valence-corrected chi connectivity index (χ2v) is 9.07. The van der Waals surface area contributed by atoms with Crippen LogP contribution in [-0.2, 0) is 10.0 Å². The van der Waals surface area contributed by atoms with Gasteiger partial charge in [-0.15, -0.1) is 0 Å². The number of fused-ring (bicyclic) bond motifs is 1. The van der Waals surface area contributed by atoms with Crippen molar-refractivity contribution < 1.29 is 13.2 Å². The normalized spacial score (nSPS) is 11.3. The highest BCUT2D eigenvalue weighted by Crippen LogP contribution is 2.30. The third kappa shape index (κ3) is 4.13. The Hall–Kier alpha value is -3.23. The van der Waals surface area contributed by atoms with E-state index in [-0.39, 0.29) is 10.8 Å². The minimum atomic E-state index is -3.70. The van der Waals surface area contributed by atoms with Gasteiger partial charge in [0, 0.05) is 5.56 Å². The lowest BCUT2D eigenvalue weighted by molar-refractivity contribution is 0.102. The predicted molar refractivity (Wildman–Crippen MR) is 116 cm³/mol. The highest BCUT2D eigenvalue weighted by atomic mass is 32.2. The molecule has 0 bridgehead atoms. The first-order valence-corrected chi connectivity index (χ1v) is 11.1. The van der Waals surface area contributed by atoms with Gasteiger partial charge in [0.1, 0.15) is 0 Å². The fourth-order valence-electron chi connectivity index (χ4n) is 2.87. The third-order valence-corrected chi connectivity index (χ3v) is 6.76. The Labute approximate surface area is 172 Å². The number of benzene rings is 3. The van der Waals surface area contributed by atoms with Crippen LogP contribution in [0.15, 0.2) is 77.7 Å². The highest BCUT2D eigenvalue weighted by Gasteiger charge is 2.17. The van der Waals surface area contributed by atoms with E-state index in [1.54, 1.807) is 73.7 Å². The summed E-state index contributed by atoms with van der Waals surface area (Å²) < 4.78 is 28.7. The van der Waals surface area contributed by atoms with Crippen LogP contribution in [0, 0.1) is 6.92 Å². The number of aromatic nitrogens is 1. The van der Waals surface area contributed by atoms with Crippen LogP contribution in [0.5, 0.6) is 0 Å². The Kier molecular flexibility index (Phi) is 5.04. The van der Waals surface area contributed by atoms with Gasteiger partial charge < -0.3 is 0 Å². The number of carbonyl (C=O) groups excluding carboxylic acids is 1. The molecule has 0 atom stereocenters. The zero-order valence-electron chi connectivity index (χ0n) is 15.4. The fourth-order valence-corrected chi connectivity index (χ4v) is 5.07. The topological polar surface area (TPSA) is 88.2 Å². The molecule has 146 valence electrons. The van der Waals surface area contributed by atoms with E-state index in [4.69, 9.17) is 0 Å². The number of amides is 1. The first kappa shape index (κ1) is 19.1. The molecule has 0 aliphatic heterocycles. The Bertz CT molecular complexity index is 1300. The summed E-state index contributed by atoms with van der Waals surface area (Å²) in [6.45, 7) is 1.75. The van der Waals surface area contributed by atoms with Gasteiger partial charge >= 0.3 is 0 Å². The monoisotopic (exact) mass is 423 g/mol. The molecule has 0 radical (unpaired) electrons. The summed E-state index contributed by atoms with van der Waals surface area (Å²) in [5.74, 6) is -0.245. The van der Waals surface area contributed by atoms with Gasteiger partial charge in [-0.1, -0.05) is 47.7 Å². The number of carbonyl (C=O) groups is 1. The predicted octanol–water partition coefficient (Wildman–Crippen LogP) is 4.66. The zero-order valence-corrected chi connectivity index (χ0v) is 17.0. The van der Waals surface area contributed by atoms with E-state index in [2.05, 4.69) is 15.0 Å². The van der Waals surface area contributed by atoms with E-state index in [0.717, 1.165) is 4.70 Å². The summed E-state index contributed by atoms with van der Waals surface area (Å²) in [5, 5.41) is 3.23. The van der Waals surface area contributed by atoms with Crippen LogP contribution in [0.1, 0.15) is 15.9 Å². The molecule has 0 saturated carbocycles. The molecule has 0 saturated heterocycles. The van der Waals surface area contributed by atoms with Crippen LogP contribution in [0.3, 0.4) is 0 Å². The third-order valence-electron chi connectivity index (χ3n) is 4.28. The van der Waals surface area contributed by atoms with E-state index in [0.29, 0.717) is 27.5 Å². The van der Waals surface area contributed by atoms with E-state index < -0.39 is 10.0 Å². The molecule has 0 fully saturated rings. The van der Waals surface area contributed by atoms with E-state index in [9.17, 15) is 13.2 Å². The maximum Gasteiger partial charge on any atom is 0.262 e. The standard InChI is InChI=1S/C21H17N3O3S2/c1-14-7-5-6-10-19(14)29(26,27)24-16-11-12-17-18(13-16)28-21(22-17)23-20(25)15-8-3-2-4-9-15/h2-13,24H,1H3,(H,22,23,25). The van der Waals surface area contributed by atoms with Crippen LogP contribution in [-0.4, -0.2) is 19.3 Å². The van der Waals surface area contributed by atoms with Crippen molar-refractivity contribution in [1.29, 1.82) is 0 Å². The number of aryl methyl sites for hydroxylation is 1. The SMILES string of the molecule is Cc1ccccc1S(=O)(=O)Nc1ccc2nc(NC(=O)c3ccccc3)sc2c1. The molecular weight excluding hydrogens is 406 g/mol. The molecule has 4 rings (SSSR count). The fraction of sp³-hybridized carbons (Fsp3) is 0.0476. The molecule has 2 N–H and O–H groups in total. The number of thiazole rings is 1. The van der Waals surface area contributed by atoms with Gasteiger partial charge in [0.2, 0.25) is 0 Å². The minimum Gasteiger partial charge on any atom is -0.298 e. The number of rotatable bonds is 5. The van der Waals surface area contributed by atoms with Crippen molar-refractivity contribution in [3.8, 4) is 0 Å². The van der Waals surface area contributed by atoms with Crippen molar-refractivity contribution in [2.75, 3.05) is 10.0 Å². The summed E-state index contributed by atoms with van der Waals surface area (Å²) in [5.41, 5.74) is 2.32. The van der Waals surface area contributed by atoms with Crippen LogP contribution in [0.4, 0.5) is 10.8 Å². The van der Waals surface area contributed by atoms with Crippen molar-refractivity contribution in [2.45, 2.75) is 11.8 Å². The first-order chi connectivity index (χ1) is 13.9. The Morgan fingerprint density at radius 2 is 1.69 bits per heavy atom. The van der Waals surface area contributed by atoms with E-state index in [1.807, 2.05) is 6.07 Å². The molecule has 3 aromatic carbocycles. The Morgan fingerprint density at radius 1 is 0.966 bits per heavy atom. The highest BCUT2D eigenvalue weighted by molar-refractivity contribution is 7.92. The number of nitrogens with zero attached hydrogens (tertiary/aromatic N) is 1. The van der Waals surface area contributed by atoms with Gasteiger partial charge in [0.25, 0.3) is 15.9 Å². The number of anilines is 2. The van der Waals surface area contributed by atoms with Crippen LogP contribution in [0.2, 0.25) is 0 Å². The average Bonchev–Trinajstić information content (AvgIpc) is 3.10. The summed E-state index contributed by atoms with van der Waals surface area (Å²) in [7, 11) is -3.70. The van der Waals surface area contributed by atoms with Crippen molar-refractivity contribution in [2.24, 2.45) is 0 Å². The minimum absolute atomic E-state index is 0.236. The van der Waals surface area contributed by atoms with Crippen LogP contribution in [0.25, 0.3) is 10.2 Å². The lowest BCUT2D eigenvalue weighted by Crippen LogP contribution is -2.14. The second-order valence-electron chi connectivity index (χ2n) is 6.39. The smallest absolute Gasteiger partial charge is 0.262 e. The molecule has 4 aromatic rings. The molecule has 8 heteroatoms. The lowest BCUT2D eigenvalue weighted by atomic mass is 10.2. The molecule has 1 amide bonds. The quantitative estimate of drug-likeness (QED) is 0.489. The van der Waals surface area contributed by atoms with Crippen molar-refractivity contribution >= 4 is 48.3 Å². The maximum absolute atomic E-state index is 12.7. The molecule has 0 aliphatic rings. The number of nitrogens with one attached hydrogen (secondary N) is 2. The number of hydrogen-bond acceptors (Lipinski definition) is 5. The molecule has 1 aromatic heterocycles. The van der Waals surface area contributed by atoms with Crippen LogP contribution >= 0.6 is 11.3 Å².